The van der Waals surface area contributed by atoms with Gasteiger partial charge in [-0.15, -0.1) is 0 Å². The van der Waals surface area contributed by atoms with Crippen LogP contribution in [0.25, 0.3) is 11.1 Å². The van der Waals surface area contributed by atoms with Gasteiger partial charge in [-0.3, -0.25) is 4.98 Å². The zero-order valence-corrected chi connectivity index (χ0v) is 18.1. The lowest BCUT2D eigenvalue weighted by Crippen LogP contribution is -2.49. The van der Waals surface area contributed by atoms with Crippen LogP contribution < -0.4 is 10.6 Å². The summed E-state index contributed by atoms with van der Waals surface area (Å²) in [6.45, 7) is 0. The molecule has 7 nitrogen and oxygen atoms in total. The Hall–Kier alpha value is -4.00. The standard InChI is InChI=1S/C24H21F3N6O/c25-24(26,27)20-9-6-17(15-30-20)16-4-7-18(8-5-16)31-22(34)33-23(11-2-1-3-12-23)19-10-13-29-21(14-28)32-19/h4-10,13,15H,1-3,11-12H2,(H2,31,33,34). The highest BCUT2D eigenvalue weighted by atomic mass is 19.4. The molecule has 1 fully saturated rings. The minimum absolute atomic E-state index is 0.0537. The number of amides is 2. The van der Waals surface area contributed by atoms with Crippen molar-refractivity contribution in [2.75, 3.05) is 5.32 Å². The fourth-order valence-electron chi connectivity index (χ4n) is 4.14. The lowest BCUT2D eigenvalue weighted by atomic mass is 9.79. The Morgan fingerprint density at radius 2 is 1.68 bits per heavy atom. The predicted molar refractivity (Wildman–Crippen MR) is 118 cm³/mol. The summed E-state index contributed by atoms with van der Waals surface area (Å²) in [4.78, 5) is 24.6. The first kappa shape index (κ1) is 23.2. The van der Waals surface area contributed by atoms with E-state index in [9.17, 15) is 18.0 Å². The maximum Gasteiger partial charge on any atom is 0.433 e. The number of rotatable bonds is 4. The van der Waals surface area contributed by atoms with Gasteiger partial charge in [0.05, 0.1) is 11.2 Å². The Kier molecular flexibility index (Phi) is 6.45. The number of halogens is 3. The second-order valence-corrected chi connectivity index (χ2v) is 8.11. The van der Waals surface area contributed by atoms with Crippen molar-refractivity contribution >= 4 is 11.7 Å². The first-order chi connectivity index (χ1) is 16.3. The van der Waals surface area contributed by atoms with Crippen LogP contribution in [0.1, 0.15) is 49.3 Å². The summed E-state index contributed by atoms with van der Waals surface area (Å²) in [6, 6.07) is 12.3. The first-order valence-corrected chi connectivity index (χ1v) is 10.8. The number of benzene rings is 1. The molecule has 174 valence electrons. The molecule has 10 heteroatoms. The van der Waals surface area contributed by atoms with E-state index in [1.165, 1.54) is 18.5 Å². The monoisotopic (exact) mass is 466 g/mol. The van der Waals surface area contributed by atoms with Gasteiger partial charge in [-0.1, -0.05) is 37.5 Å². The lowest BCUT2D eigenvalue weighted by Gasteiger charge is -2.37. The molecule has 0 bridgehead atoms. The molecule has 0 saturated heterocycles. The third-order valence-electron chi connectivity index (χ3n) is 5.84. The molecule has 34 heavy (non-hydrogen) atoms. The highest BCUT2D eigenvalue weighted by Crippen LogP contribution is 2.36. The maximum absolute atomic E-state index is 12.9. The maximum atomic E-state index is 12.9. The summed E-state index contributed by atoms with van der Waals surface area (Å²) in [5.41, 5.74) is 0.686. The van der Waals surface area contributed by atoms with Crippen molar-refractivity contribution < 1.29 is 18.0 Å². The van der Waals surface area contributed by atoms with Crippen molar-refractivity contribution in [2.45, 2.75) is 43.8 Å². The van der Waals surface area contributed by atoms with E-state index in [0.29, 0.717) is 35.3 Å². The van der Waals surface area contributed by atoms with Gasteiger partial charge in [0, 0.05) is 23.6 Å². The van der Waals surface area contributed by atoms with E-state index in [-0.39, 0.29) is 5.82 Å². The van der Waals surface area contributed by atoms with Crippen LogP contribution in [0.4, 0.5) is 23.7 Å². The molecule has 1 aliphatic rings. The molecule has 1 saturated carbocycles. The van der Waals surface area contributed by atoms with Crippen molar-refractivity contribution in [2.24, 2.45) is 0 Å². The molecule has 2 aromatic heterocycles. The third-order valence-corrected chi connectivity index (χ3v) is 5.84. The Balaban J connectivity index is 1.47. The highest BCUT2D eigenvalue weighted by Gasteiger charge is 2.37. The van der Waals surface area contributed by atoms with Gasteiger partial charge in [0.25, 0.3) is 0 Å². The van der Waals surface area contributed by atoms with Crippen LogP contribution >= 0.6 is 0 Å². The van der Waals surface area contributed by atoms with E-state index in [4.69, 9.17) is 5.26 Å². The molecular formula is C24H21F3N6O. The molecule has 0 spiro atoms. The zero-order valence-electron chi connectivity index (χ0n) is 18.1. The smallest absolute Gasteiger partial charge is 0.327 e. The Bertz CT molecular complexity index is 1200. The van der Waals surface area contributed by atoms with E-state index in [0.717, 1.165) is 25.3 Å². The molecule has 1 aliphatic carbocycles. The van der Waals surface area contributed by atoms with Crippen LogP contribution in [0.3, 0.4) is 0 Å². The summed E-state index contributed by atoms with van der Waals surface area (Å²) >= 11 is 0. The number of anilines is 1. The number of nitriles is 1. The van der Waals surface area contributed by atoms with E-state index in [1.807, 2.05) is 6.07 Å². The number of carbonyl (C=O) groups is 1. The summed E-state index contributed by atoms with van der Waals surface area (Å²) in [6.07, 6.45) is 2.49. The fraction of sp³-hybridized carbons (Fsp3) is 0.292. The number of hydrogen-bond donors (Lipinski definition) is 2. The van der Waals surface area contributed by atoms with Gasteiger partial charge in [-0.2, -0.15) is 18.4 Å². The number of alkyl halides is 3. The molecule has 4 rings (SSSR count). The highest BCUT2D eigenvalue weighted by molar-refractivity contribution is 5.90. The molecule has 1 aromatic carbocycles. The summed E-state index contributed by atoms with van der Waals surface area (Å²) in [5.74, 6) is 0.0537. The average Bonchev–Trinajstić information content (AvgIpc) is 2.84. The van der Waals surface area contributed by atoms with Gasteiger partial charge in [-0.05, 0) is 42.7 Å². The van der Waals surface area contributed by atoms with Gasteiger partial charge >= 0.3 is 12.2 Å². The number of aromatic nitrogens is 3. The molecule has 0 unspecified atom stereocenters. The third kappa shape index (κ3) is 5.14. The van der Waals surface area contributed by atoms with E-state index < -0.39 is 23.4 Å². The minimum atomic E-state index is -4.49. The number of pyridine rings is 1. The van der Waals surface area contributed by atoms with E-state index in [1.54, 1.807) is 30.3 Å². The molecule has 2 amide bonds. The van der Waals surface area contributed by atoms with Crippen LogP contribution in [-0.2, 0) is 11.7 Å². The first-order valence-electron chi connectivity index (χ1n) is 10.8. The summed E-state index contributed by atoms with van der Waals surface area (Å²) < 4.78 is 38.1. The van der Waals surface area contributed by atoms with Crippen LogP contribution in [0, 0.1) is 11.3 Å². The lowest BCUT2D eigenvalue weighted by molar-refractivity contribution is -0.141. The number of carbonyl (C=O) groups excluding carboxylic acids is 1. The van der Waals surface area contributed by atoms with Gasteiger partial charge in [-0.25, -0.2) is 14.8 Å². The van der Waals surface area contributed by atoms with E-state index >= 15 is 0 Å². The molecule has 3 aromatic rings. The second-order valence-electron chi connectivity index (χ2n) is 8.11. The van der Waals surface area contributed by atoms with Crippen LogP contribution in [-0.4, -0.2) is 21.0 Å². The molecule has 0 radical (unpaired) electrons. The number of nitrogens with one attached hydrogen (secondary N) is 2. The molecule has 2 N–H and O–H groups in total. The van der Waals surface area contributed by atoms with Crippen LogP contribution in [0.5, 0.6) is 0 Å². The largest absolute Gasteiger partial charge is 0.433 e. The van der Waals surface area contributed by atoms with Crippen LogP contribution in [0.15, 0.2) is 54.9 Å². The number of hydrogen-bond acceptors (Lipinski definition) is 5. The quantitative estimate of drug-likeness (QED) is 0.535. The van der Waals surface area contributed by atoms with Gasteiger partial charge in [0.1, 0.15) is 11.8 Å². The normalized spacial score (nSPS) is 15.2. The van der Waals surface area contributed by atoms with Gasteiger partial charge in [0.15, 0.2) is 0 Å². The van der Waals surface area contributed by atoms with Crippen molar-refractivity contribution in [3.05, 3.63) is 72.1 Å². The van der Waals surface area contributed by atoms with Gasteiger partial charge in [0.2, 0.25) is 5.82 Å². The summed E-state index contributed by atoms with van der Waals surface area (Å²) in [5, 5.41) is 15.0. The van der Waals surface area contributed by atoms with Crippen molar-refractivity contribution in [1.82, 2.24) is 20.3 Å². The van der Waals surface area contributed by atoms with Gasteiger partial charge < -0.3 is 10.6 Å². The Labute approximate surface area is 194 Å². The topological polar surface area (TPSA) is 104 Å². The van der Waals surface area contributed by atoms with E-state index in [2.05, 4.69) is 25.6 Å². The zero-order chi connectivity index (χ0) is 24.2. The van der Waals surface area contributed by atoms with Crippen LogP contribution in [0.2, 0.25) is 0 Å². The van der Waals surface area contributed by atoms with Crippen molar-refractivity contribution in [3.8, 4) is 17.2 Å². The minimum Gasteiger partial charge on any atom is -0.327 e. The number of urea groups is 1. The van der Waals surface area contributed by atoms with Crippen molar-refractivity contribution in [3.63, 3.8) is 0 Å². The Morgan fingerprint density at radius 1 is 0.971 bits per heavy atom. The predicted octanol–water partition coefficient (Wildman–Crippen LogP) is 5.41. The molecule has 2 heterocycles. The fourth-order valence-corrected chi connectivity index (χ4v) is 4.14. The second kappa shape index (κ2) is 9.47. The SMILES string of the molecule is N#Cc1nccc(C2(NC(=O)Nc3ccc(-c4ccc(C(F)(F)F)nc4)cc3)CCCCC2)n1. The molecule has 0 aliphatic heterocycles. The molecular weight excluding hydrogens is 445 g/mol. The molecule has 0 atom stereocenters. The number of nitrogens with zero attached hydrogens (tertiary/aromatic N) is 4. The summed E-state index contributed by atoms with van der Waals surface area (Å²) in [7, 11) is 0. The Morgan fingerprint density at radius 3 is 2.29 bits per heavy atom. The van der Waals surface area contributed by atoms with Crippen molar-refractivity contribution in [1.29, 1.82) is 5.26 Å². The average molecular weight is 466 g/mol.